The zero-order valence-electron chi connectivity index (χ0n) is 8.38. The summed E-state index contributed by atoms with van der Waals surface area (Å²) in [6.07, 6.45) is 3.24. The molecule has 0 amide bonds. The van der Waals surface area contributed by atoms with Crippen LogP contribution >= 0.6 is 11.3 Å². The Bertz CT molecular complexity index is 529. The minimum absolute atomic E-state index is 0.400. The minimum atomic E-state index is -0.400. The highest BCUT2D eigenvalue weighted by Crippen LogP contribution is 2.13. The summed E-state index contributed by atoms with van der Waals surface area (Å²) >= 11 is 1.60. The van der Waals surface area contributed by atoms with Gasteiger partial charge in [-0.15, -0.1) is 11.3 Å². The molecule has 0 aliphatic rings. The molecule has 3 rings (SSSR count). The Kier molecular flexibility index (Phi) is 3.56. The Morgan fingerprint density at radius 2 is 1.94 bits per heavy atom. The lowest BCUT2D eigenvalue weighted by Crippen LogP contribution is -1.82. The standard InChI is InChI=1S/C9H6FN.C3H3NS/c10-9-8-4-2-1-3-7(8)5-6-11-9;1-2-5-3-4-1/h1-6H;1-3H. The van der Waals surface area contributed by atoms with E-state index in [2.05, 4.69) is 9.97 Å². The zero-order valence-corrected chi connectivity index (χ0v) is 9.19. The molecule has 4 heteroatoms. The number of halogens is 1. The molecular weight excluding hydrogens is 223 g/mol. The van der Waals surface area contributed by atoms with E-state index < -0.39 is 5.95 Å². The number of pyridine rings is 1. The average Bonchev–Trinajstić information content (AvgIpc) is 2.88. The predicted molar refractivity (Wildman–Crippen MR) is 63.8 cm³/mol. The second-order valence-corrected chi connectivity index (χ2v) is 3.75. The van der Waals surface area contributed by atoms with Crippen LogP contribution in [0.5, 0.6) is 0 Å². The van der Waals surface area contributed by atoms with Crippen molar-refractivity contribution in [1.82, 2.24) is 9.97 Å². The molecule has 0 fully saturated rings. The van der Waals surface area contributed by atoms with Gasteiger partial charge in [-0.25, -0.2) is 4.98 Å². The highest BCUT2D eigenvalue weighted by atomic mass is 32.1. The number of hydrogen-bond donors (Lipinski definition) is 0. The van der Waals surface area contributed by atoms with Crippen LogP contribution in [0.4, 0.5) is 4.39 Å². The molecule has 0 spiro atoms. The van der Waals surface area contributed by atoms with Crippen LogP contribution in [0.3, 0.4) is 0 Å². The molecule has 0 atom stereocenters. The molecule has 1 aromatic carbocycles. The van der Waals surface area contributed by atoms with E-state index in [0.29, 0.717) is 5.39 Å². The van der Waals surface area contributed by atoms with Gasteiger partial charge in [0, 0.05) is 23.2 Å². The van der Waals surface area contributed by atoms with Gasteiger partial charge in [-0.05, 0) is 17.5 Å². The largest absolute Gasteiger partial charge is 0.253 e. The van der Waals surface area contributed by atoms with Crippen molar-refractivity contribution in [2.75, 3.05) is 0 Å². The summed E-state index contributed by atoms with van der Waals surface area (Å²) < 4.78 is 12.9. The third-order valence-electron chi connectivity index (χ3n) is 1.97. The van der Waals surface area contributed by atoms with Crippen molar-refractivity contribution in [2.45, 2.75) is 0 Å². The maximum atomic E-state index is 12.9. The Morgan fingerprint density at radius 1 is 1.06 bits per heavy atom. The number of hydrogen-bond acceptors (Lipinski definition) is 3. The molecule has 3 aromatic rings. The summed E-state index contributed by atoms with van der Waals surface area (Å²) in [4.78, 5) is 7.28. The number of aromatic nitrogens is 2. The van der Waals surface area contributed by atoms with Gasteiger partial charge in [0.2, 0.25) is 5.95 Å². The Morgan fingerprint density at radius 3 is 2.56 bits per heavy atom. The van der Waals surface area contributed by atoms with Gasteiger partial charge in [-0.2, -0.15) is 4.39 Å². The van der Waals surface area contributed by atoms with Crippen molar-refractivity contribution in [2.24, 2.45) is 0 Å². The second-order valence-electron chi connectivity index (χ2n) is 3.00. The monoisotopic (exact) mass is 232 g/mol. The van der Waals surface area contributed by atoms with Gasteiger partial charge in [0.05, 0.1) is 5.51 Å². The number of benzene rings is 1. The van der Waals surface area contributed by atoms with Gasteiger partial charge >= 0.3 is 0 Å². The third-order valence-corrected chi connectivity index (χ3v) is 2.49. The number of nitrogens with zero attached hydrogens (tertiary/aromatic N) is 2. The second kappa shape index (κ2) is 5.32. The molecule has 16 heavy (non-hydrogen) atoms. The number of rotatable bonds is 0. The highest BCUT2D eigenvalue weighted by molar-refractivity contribution is 7.07. The molecular formula is C12H9FN2S. The predicted octanol–water partition coefficient (Wildman–Crippen LogP) is 3.52. The molecule has 80 valence electrons. The zero-order chi connectivity index (χ0) is 11.2. The van der Waals surface area contributed by atoms with E-state index in [9.17, 15) is 4.39 Å². The molecule has 0 radical (unpaired) electrons. The van der Waals surface area contributed by atoms with Crippen molar-refractivity contribution in [3.05, 3.63) is 59.6 Å². The normalized spacial score (nSPS) is 9.56. The lowest BCUT2D eigenvalue weighted by atomic mass is 10.2. The number of thiazole rings is 1. The van der Waals surface area contributed by atoms with Gasteiger partial charge in [0.25, 0.3) is 0 Å². The van der Waals surface area contributed by atoms with Gasteiger partial charge in [-0.3, -0.25) is 4.98 Å². The molecule has 2 nitrogen and oxygen atoms in total. The average molecular weight is 232 g/mol. The smallest absolute Gasteiger partial charge is 0.220 e. The van der Waals surface area contributed by atoms with Gasteiger partial charge in [-0.1, -0.05) is 18.2 Å². The van der Waals surface area contributed by atoms with Gasteiger partial charge in [0.15, 0.2) is 0 Å². The Labute approximate surface area is 96.4 Å². The van der Waals surface area contributed by atoms with E-state index in [1.54, 1.807) is 41.2 Å². The fourth-order valence-corrected chi connectivity index (χ4v) is 1.61. The lowest BCUT2D eigenvalue weighted by Gasteiger charge is -1.95. The van der Waals surface area contributed by atoms with E-state index >= 15 is 0 Å². The first kappa shape index (κ1) is 10.7. The van der Waals surface area contributed by atoms with Crippen molar-refractivity contribution in [3.63, 3.8) is 0 Å². The van der Waals surface area contributed by atoms with Crippen LogP contribution in [0.2, 0.25) is 0 Å². The summed E-state index contributed by atoms with van der Waals surface area (Å²) in [6.45, 7) is 0. The first-order chi connectivity index (χ1) is 7.88. The molecule has 0 aliphatic heterocycles. The molecule has 0 aliphatic carbocycles. The quantitative estimate of drug-likeness (QED) is 0.554. The van der Waals surface area contributed by atoms with E-state index in [1.807, 2.05) is 17.5 Å². The van der Waals surface area contributed by atoms with E-state index in [-0.39, 0.29) is 0 Å². The SMILES string of the molecule is Fc1nccc2ccccc12.c1cscn1. The first-order valence-corrected chi connectivity index (χ1v) is 5.63. The van der Waals surface area contributed by atoms with E-state index in [0.717, 1.165) is 5.39 Å². The maximum Gasteiger partial charge on any atom is 0.220 e. The van der Waals surface area contributed by atoms with Crippen molar-refractivity contribution < 1.29 is 4.39 Å². The molecule has 0 unspecified atom stereocenters. The molecule has 0 N–H and O–H groups in total. The van der Waals surface area contributed by atoms with Crippen LogP contribution < -0.4 is 0 Å². The summed E-state index contributed by atoms with van der Waals surface area (Å²) in [6, 6.07) is 9.05. The van der Waals surface area contributed by atoms with Crippen molar-refractivity contribution in [1.29, 1.82) is 0 Å². The molecule has 0 saturated carbocycles. The fraction of sp³-hybridized carbons (Fsp3) is 0. The van der Waals surface area contributed by atoms with Crippen LogP contribution in [0.15, 0.2) is 53.6 Å². The van der Waals surface area contributed by atoms with Gasteiger partial charge < -0.3 is 0 Å². The Hall–Kier alpha value is -1.81. The lowest BCUT2D eigenvalue weighted by molar-refractivity contribution is 0.597. The van der Waals surface area contributed by atoms with Crippen LogP contribution in [-0.4, -0.2) is 9.97 Å². The highest BCUT2D eigenvalue weighted by Gasteiger charge is 1.97. The minimum Gasteiger partial charge on any atom is -0.253 e. The molecule has 0 saturated heterocycles. The topological polar surface area (TPSA) is 25.8 Å². The van der Waals surface area contributed by atoms with Crippen LogP contribution in [-0.2, 0) is 0 Å². The molecule has 2 heterocycles. The summed E-state index contributed by atoms with van der Waals surface area (Å²) in [5.74, 6) is -0.400. The summed E-state index contributed by atoms with van der Waals surface area (Å²) in [5.41, 5.74) is 1.79. The summed E-state index contributed by atoms with van der Waals surface area (Å²) in [5, 5.41) is 3.40. The van der Waals surface area contributed by atoms with Crippen molar-refractivity contribution in [3.8, 4) is 0 Å². The maximum absolute atomic E-state index is 12.9. The molecule has 2 aromatic heterocycles. The van der Waals surface area contributed by atoms with Crippen molar-refractivity contribution >= 4 is 22.1 Å². The van der Waals surface area contributed by atoms with Gasteiger partial charge in [0.1, 0.15) is 0 Å². The Balaban J connectivity index is 0.000000162. The first-order valence-electron chi connectivity index (χ1n) is 4.69. The third kappa shape index (κ3) is 2.61. The van der Waals surface area contributed by atoms with Crippen LogP contribution in [0, 0.1) is 5.95 Å². The van der Waals surface area contributed by atoms with E-state index in [1.165, 1.54) is 6.20 Å². The van der Waals surface area contributed by atoms with Crippen LogP contribution in [0.1, 0.15) is 0 Å². The van der Waals surface area contributed by atoms with Crippen LogP contribution in [0.25, 0.3) is 10.8 Å². The van der Waals surface area contributed by atoms with E-state index in [4.69, 9.17) is 0 Å². The number of fused-ring (bicyclic) bond motifs is 1. The fourth-order valence-electron chi connectivity index (χ4n) is 1.26. The molecule has 0 bridgehead atoms. The summed E-state index contributed by atoms with van der Waals surface area (Å²) in [7, 11) is 0.